The van der Waals surface area contributed by atoms with E-state index in [-0.39, 0.29) is 5.76 Å². The van der Waals surface area contributed by atoms with Gasteiger partial charge in [-0.1, -0.05) is 30.3 Å². The fraction of sp³-hybridized carbons (Fsp3) is 0.188. The minimum atomic E-state index is -0.350. The number of oxazole rings is 1. The van der Waals surface area contributed by atoms with Crippen molar-refractivity contribution >= 4 is 11.1 Å². The van der Waals surface area contributed by atoms with Gasteiger partial charge in [-0.25, -0.2) is 4.79 Å². The SMILES string of the molecule is CCOc1ccc2oc(=O)n(Cc3ccccc3)c2c1. The second-order valence-electron chi connectivity index (χ2n) is 4.50. The van der Waals surface area contributed by atoms with Crippen molar-refractivity contribution in [2.45, 2.75) is 13.5 Å². The van der Waals surface area contributed by atoms with Gasteiger partial charge in [0.15, 0.2) is 5.58 Å². The van der Waals surface area contributed by atoms with Crippen LogP contribution in [0.15, 0.2) is 57.7 Å². The van der Waals surface area contributed by atoms with Gasteiger partial charge in [-0.2, -0.15) is 0 Å². The van der Waals surface area contributed by atoms with E-state index in [9.17, 15) is 4.79 Å². The van der Waals surface area contributed by atoms with Crippen molar-refractivity contribution in [3.05, 3.63) is 64.6 Å². The second-order valence-corrected chi connectivity index (χ2v) is 4.50. The molecule has 0 amide bonds. The smallest absolute Gasteiger partial charge is 0.420 e. The summed E-state index contributed by atoms with van der Waals surface area (Å²) in [6.07, 6.45) is 0. The first kappa shape index (κ1) is 12.5. The Balaban J connectivity index is 2.07. The van der Waals surface area contributed by atoms with Crippen LogP contribution in [0.25, 0.3) is 11.1 Å². The highest BCUT2D eigenvalue weighted by Gasteiger charge is 2.10. The minimum absolute atomic E-state index is 0.350. The Kier molecular flexibility index (Phi) is 3.29. The Morgan fingerprint density at radius 1 is 1.15 bits per heavy atom. The van der Waals surface area contributed by atoms with Crippen LogP contribution in [-0.4, -0.2) is 11.2 Å². The Labute approximate surface area is 116 Å². The first-order valence-corrected chi connectivity index (χ1v) is 6.58. The zero-order chi connectivity index (χ0) is 13.9. The van der Waals surface area contributed by atoms with Crippen LogP contribution < -0.4 is 10.5 Å². The molecular weight excluding hydrogens is 254 g/mol. The van der Waals surface area contributed by atoms with E-state index in [2.05, 4.69) is 0 Å². The second kappa shape index (κ2) is 5.25. The van der Waals surface area contributed by atoms with Gasteiger partial charge in [0.2, 0.25) is 0 Å². The van der Waals surface area contributed by atoms with Gasteiger partial charge in [0.1, 0.15) is 5.75 Å². The fourth-order valence-corrected chi connectivity index (χ4v) is 2.21. The molecule has 20 heavy (non-hydrogen) atoms. The Morgan fingerprint density at radius 2 is 1.95 bits per heavy atom. The number of benzene rings is 2. The maximum absolute atomic E-state index is 12.0. The Morgan fingerprint density at radius 3 is 2.70 bits per heavy atom. The summed E-state index contributed by atoms with van der Waals surface area (Å²) in [5.41, 5.74) is 2.39. The summed E-state index contributed by atoms with van der Waals surface area (Å²) >= 11 is 0. The molecule has 0 spiro atoms. The lowest BCUT2D eigenvalue weighted by Crippen LogP contribution is -2.14. The molecule has 1 aromatic heterocycles. The normalized spacial score (nSPS) is 10.8. The van der Waals surface area contributed by atoms with Crippen LogP contribution in [0.2, 0.25) is 0 Å². The molecule has 0 saturated carbocycles. The lowest BCUT2D eigenvalue weighted by Gasteiger charge is -2.05. The number of nitrogens with zero attached hydrogens (tertiary/aromatic N) is 1. The lowest BCUT2D eigenvalue weighted by molar-refractivity contribution is 0.340. The van der Waals surface area contributed by atoms with Crippen molar-refractivity contribution in [3.8, 4) is 5.75 Å². The summed E-state index contributed by atoms with van der Waals surface area (Å²) in [7, 11) is 0. The average molecular weight is 269 g/mol. The van der Waals surface area contributed by atoms with Gasteiger partial charge in [0, 0.05) is 6.07 Å². The van der Waals surface area contributed by atoms with Gasteiger partial charge in [0.25, 0.3) is 0 Å². The van der Waals surface area contributed by atoms with Crippen molar-refractivity contribution in [2.75, 3.05) is 6.61 Å². The topological polar surface area (TPSA) is 44.4 Å². The van der Waals surface area contributed by atoms with Crippen molar-refractivity contribution in [1.82, 2.24) is 4.57 Å². The molecule has 0 aliphatic carbocycles. The van der Waals surface area contributed by atoms with E-state index in [0.29, 0.717) is 18.7 Å². The molecule has 0 aliphatic rings. The number of ether oxygens (including phenoxy) is 1. The van der Waals surface area contributed by atoms with Crippen molar-refractivity contribution in [2.24, 2.45) is 0 Å². The summed E-state index contributed by atoms with van der Waals surface area (Å²) in [5, 5.41) is 0. The summed E-state index contributed by atoms with van der Waals surface area (Å²) in [6, 6.07) is 15.2. The standard InChI is InChI=1S/C16H15NO3/c1-2-19-13-8-9-15-14(10-13)17(16(18)20-15)11-12-6-4-3-5-7-12/h3-10H,2,11H2,1H3. The number of hydrogen-bond donors (Lipinski definition) is 0. The van der Waals surface area contributed by atoms with Gasteiger partial charge in [-0.15, -0.1) is 0 Å². The van der Waals surface area contributed by atoms with E-state index >= 15 is 0 Å². The third-order valence-electron chi connectivity index (χ3n) is 3.13. The highest BCUT2D eigenvalue weighted by molar-refractivity contribution is 5.74. The summed E-state index contributed by atoms with van der Waals surface area (Å²) in [5.74, 6) is 0.389. The first-order chi connectivity index (χ1) is 9.78. The maximum atomic E-state index is 12.0. The van der Waals surface area contributed by atoms with Crippen LogP contribution >= 0.6 is 0 Å². The molecule has 0 saturated heterocycles. The quantitative estimate of drug-likeness (QED) is 0.731. The molecule has 1 heterocycles. The fourth-order valence-electron chi connectivity index (χ4n) is 2.21. The number of fused-ring (bicyclic) bond motifs is 1. The van der Waals surface area contributed by atoms with E-state index in [1.807, 2.05) is 49.4 Å². The van der Waals surface area contributed by atoms with Crippen LogP contribution in [0.4, 0.5) is 0 Å². The molecule has 3 aromatic rings. The lowest BCUT2D eigenvalue weighted by atomic mass is 10.2. The minimum Gasteiger partial charge on any atom is -0.494 e. The highest BCUT2D eigenvalue weighted by Crippen LogP contribution is 2.21. The molecule has 0 bridgehead atoms. The van der Waals surface area contributed by atoms with E-state index in [4.69, 9.17) is 9.15 Å². The van der Waals surface area contributed by atoms with E-state index in [1.165, 1.54) is 0 Å². The van der Waals surface area contributed by atoms with Crippen LogP contribution in [0.3, 0.4) is 0 Å². The molecule has 2 aromatic carbocycles. The predicted octanol–water partition coefficient (Wildman–Crippen LogP) is 3.04. The first-order valence-electron chi connectivity index (χ1n) is 6.58. The summed E-state index contributed by atoms with van der Waals surface area (Å²) in [4.78, 5) is 12.0. The molecule has 4 heteroatoms. The van der Waals surface area contributed by atoms with E-state index < -0.39 is 0 Å². The zero-order valence-electron chi connectivity index (χ0n) is 11.2. The molecule has 0 atom stereocenters. The van der Waals surface area contributed by atoms with Crippen LogP contribution in [0.1, 0.15) is 12.5 Å². The molecule has 102 valence electrons. The molecule has 0 fully saturated rings. The monoisotopic (exact) mass is 269 g/mol. The Hall–Kier alpha value is -2.49. The molecule has 0 N–H and O–H groups in total. The molecule has 0 radical (unpaired) electrons. The third kappa shape index (κ3) is 2.32. The van der Waals surface area contributed by atoms with Gasteiger partial charge in [-0.3, -0.25) is 4.57 Å². The van der Waals surface area contributed by atoms with Crippen LogP contribution in [0.5, 0.6) is 5.75 Å². The third-order valence-corrected chi connectivity index (χ3v) is 3.13. The average Bonchev–Trinajstić information content (AvgIpc) is 2.77. The van der Waals surface area contributed by atoms with Crippen molar-refractivity contribution in [3.63, 3.8) is 0 Å². The number of hydrogen-bond acceptors (Lipinski definition) is 3. The molecule has 0 aliphatic heterocycles. The Bertz CT molecular complexity index is 771. The highest BCUT2D eigenvalue weighted by atomic mass is 16.5. The van der Waals surface area contributed by atoms with E-state index in [0.717, 1.165) is 16.8 Å². The molecule has 4 nitrogen and oxygen atoms in total. The molecular formula is C16H15NO3. The van der Waals surface area contributed by atoms with Crippen molar-refractivity contribution < 1.29 is 9.15 Å². The molecule has 3 rings (SSSR count). The summed E-state index contributed by atoms with van der Waals surface area (Å²) in [6.45, 7) is 3.01. The predicted molar refractivity (Wildman–Crippen MR) is 77.2 cm³/mol. The van der Waals surface area contributed by atoms with Gasteiger partial charge in [0.05, 0.1) is 18.7 Å². The van der Waals surface area contributed by atoms with E-state index in [1.54, 1.807) is 10.6 Å². The van der Waals surface area contributed by atoms with Crippen LogP contribution in [-0.2, 0) is 6.54 Å². The van der Waals surface area contributed by atoms with Gasteiger partial charge >= 0.3 is 5.76 Å². The maximum Gasteiger partial charge on any atom is 0.420 e. The molecule has 0 unspecified atom stereocenters. The zero-order valence-corrected chi connectivity index (χ0v) is 11.2. The van der Waals surface area contributed by atoms with Gasteiger partial charge in [-0.05, 0) is 24.6 Å². The number of rotatable bonds is 4. The largest absolute Gasteiger partial charge is 0.494 e. The van der Waals surface area contributed by atoms with Crippen LogP contribution in [0, 0.1) is 0 Å². The number of aromatic nitrogens is 1. The van der Waals surface area contributed by atoms with Crippen molar-refractivity contribution in [1.29, 1.82) is 0 Å². The van der Waals surface area contributed by atoms with Gasteiger partial charge < -0.3 is 9.15 Å². The summed E-state index contributed by atoms with van der Waals surface area (Å²) < 4.78 is 12.3.